The van der Waals surface area contributed by atoms with Gasteiger partial charge in [0.2, 0.25) is 11.8 Å². The van der Waals surface area contributed by atoms with E-state index in [1.165, 1.54) is 17.0 Å². The lowest BCUT2D eigenvalue weighted by molar-refractivity contribution is -0.137. The number of carbonyl (C=O) groups excluding carboxylic acids is 3. The van der Waals surface area contributed by atoms with Gasteiger partial charge in [-0.25, -0.2) is 4.39 Å². The van der Waals surface area contributed by atoms with Gasteiger partial charge in [-0.2, -0.15) is 5.26 Å². The maximum absolute atomic E-state index is 14.2. The second-order valence-corrected chi connectivity index (χ2v) is 10.3. The van der Waals surface area contributed by atoms with Gasteiger partial charge in [-0.15, -0.1) is 0 Å². The normalized spacial score (nSPS) is 12.5. The van der Waals surface area contributed by atoms with Crippen LogP contribution in [0.4, 0.5) is 4.39 Å². The number of hydrogen-bond donors (Lipinski definition) is 2. The zero-order chi connectivity index (χ0) is 28.9. The fourth-order valence-electron chi connectivity index (χ4n) is 4.67. The van der Waals surface area contributed by atoms with E-state index in [2.05, 4.69) is 16.7 Å². The van der Waals surface area contributed by atoms with Gasteiger partial charge >= 0.3 is 0 Å². The van der Waals surface area contributed by atoms with Gasteiger partial charge in [0.05, 0.1) is 17.1 Å². The molecule has 208 valence electrons. The Morgan fingerprint density at radius 2 is 1.80 bits per heavy atom. The van der Waals surface area contributed by atoms with E-state index >= 15 is 0 Å². The smallest absolute Gasteiger partial charge is 0.251 e. The van der Waals surface area contributed by atoms with Crippen molar-refractivity contribution in [2.45, 2.75) is 38.5 Å². The molecule has 8 nitrogen and oxygen atoms in total. The highest BCUT2D eigenvalue weighted by Gasteiger charge is 2.34. The zero-order valence-corrected chi connectivity index (χ0v) is 22.8. The van der Waals surface area contributed by atoms with Crippen LogP contribution in [-0.2, 0) is 29.2 Å². The summed E-state index contributed by atoms with van der Waals surface area (Å²) >= 11 is 5.81. The van der Waals surface area contributed by atoms with Crippen molar-refractivity contribution < 1.29 is 18.8 Å². The summed E-state index contributed by atoms with van der Waals surface area (Å²) in [4.78, 5) is 40.3. The van der Waals surface area contributed by atoms with Crippen LogP contribution in [0.25, 0.3) is 10.9 Å². The van der Waals surface area contributed by atoms with Crippen molar-refractivity contribution in [3.05, 3.63) is 106 Å². The van der Waals surface area contributed by atoms with E-state index in [-0.39, 0.29) is 48.1 Å². The van der Waals surface area contributed by atoms with Crippen LogP contribution in [0, 0.1) is 17.1 Å². The van der Waals surface area contributed by atoms with E-state index in [0.29, 0.717) is 28.6 Å². The highest BCUT2D eigenvalue weighted by atomic mass is 35.5. The zero-order valence-electron chi connectivity index (χ0n) is 22.1. The molecule has 0 saturated heterocycles. The SMILES string of the molecule is N#Cc1cn(CC(=O)N(CC(=O)NCc2cccc(Cl)c2F)C2CC2)c2ccc(C(=O)NCc3ccccc3)cc12. The molecule has 0 spiro atoms. The molecular weight excluding hydrogens is 545 g/mol. The van der Waals surface area contributed by atoms with Crippen molar-refractivity contribution in [1.82, 2.24) is 20.1 Å². The van der Waals surface area contributed by atoms with E-state index in [1.807, 2.05) is 30.3 Å². The summed E-state index contributed by atoms with van der Waals surface area (Å²) in [5.74, 6) is -1.55. The van der Waals surface area contributed by atoms with Crippen molar-refractivity contribution >= 4 is 40.2 Å². The molecule has 3 aromatic carbocycles. The number of aromatic nitrogens is 1. The molecule has 1 saturated carbocycles. The largest absolute Gasteiger partial charge is 0.350 e. The second kappa shape index (κ2) is 12.2. The molecule has 0 radical (unpaired) electrons. The Morgan fingerprint density at radius 1 is 1.02 bits per heavy atom. The number of nitrogens with zero attached hydrogens (tertiary/aromatic N) is 3. The van der Waals surface area contributed by atoms with Crippen LogP contribution in [0.5, 0.6) is 0 Å². The first-order valence-electron chi connectivity index (χ1n) is 13.2. The van der Waals surface area contributed by atoms with Crippen molar-refractivity contribution in [2.75, 3.05) is 6.54 Å². The number of nitriles is 1. The lowest BCUT2D eigenvalue weighted by Gasteiger charge is -2.22. The molecule has 0 unspecified atom stereocenters. The summed E-state index contributed by atoms with van der Waals surface area (Å²) in [5, 5.41) is 15.8. The van der Waals surface area contributed by atoms with Gasteiger partial charge in [0, 0.05) is 47.4 Å². The molecule has 1 fully saturated rings. The number of hydrogen-bond acceptors (Lipinski definition) is 4. The Bertz CT molecular complexity index is 1660. The second-order valence-electron chi connectivity index (χ2n) is 9.93. The molecule has 0 aliphatic heterocycles. The van der Waals surface area contributed by atoms with Gasteiger partial charge in [-0.3, -0.25) is 14.4 Å². The summed E-state index contributed by atoms with van der Waals surface area (Å²) in [6.45, 7) is 0.0794. The van der Waals surface area contributed by atoms with E-state index in [0.717, 1.165) is 18.4 Å². The molecule has 4 aromatic rings. The first kappa shape index (κ1) is 27.9. The van der Waals surface area contributed by atoms with Gasteiger partial charge in [-0.1, -0.05) is 54.1 Å². The summed E-state index contributed by atoms with van der Waals surface area (Å²) in [6, 6.07) is 21.2. The number of fused-ring (bicyclic) bond motifs is 1. The van der Waals surface area contributed by atoms with Gasteiger partial charge in [0.1, 0.15) is 18.4 Å². The molecular formula is C31H27ClFN5O3. The first-order chi connectivity index (χ1) is 19.8. The minimum Gasteiger partial charge on any atom is -0.350 e. The van der Waals surface area contributed by atoms with E-state index in [1.54, 1.807) is 35.0 Å². The summed E-state index contributed by atoms with van der Waals surface area (Å²) in [6.07, 6.45) is 3.17. The maximum atomic E-state index is 14.2. The molecule has 1 aromatic heterocycles. The number of carbonyl (C=O) groups is 3. The topological polar surface area (TPSA) is 107 Å². The van der Waals surface area contributed by atoms with Crippen LogP contribution in [0.15, 0.2) is 72.9 Å². The Balaban J connectivity index is 1.26. The Kier molecular flexibility index (Phi) is 8.31. The lowest BCUT2D eigenvalue weighted by Crippen LogP contribution is -2.43. The van der Waals surface area contributed by atoms with E-state index < -0.39 is 11.7 Å². The van der Waals surface area contributed by atoms with Gasteiger partial charge in [0.25, 0.3) is 5.91 Å². The number of nitrogens with one attached hydrogen (secondary N) is 2. The maximum Gasteiger partial charge on any atom is 0.251 e. The average Bonchev–Trinajstić information content (AvgIpc) is 3.77. The monoisotopic (exact) mass is 571 g/mol. The molecule has 1 aliphatic carbocycles. The quantitative estimate of drug-likeness (QED) is 0.291. The number of benzene rings is 3. The third-order valence-electron chi connectivity index (χ3n) is 6.99. The van der Waals surface area contributed by atoms with Gasteiger partial charge < -0.3 is 20.1 Å². The third-order valence-corrected chi connectivity index (χ3v) is 7.29. The van der Waals surface area contributed by atoms with E-state index in [9.17, 15) is 24.0 Å². The fraction of sp³-hybridized carbons (Fsp3) is 0.226. The molecule has 1 heterocycles. The molecule has 2 N–H and O–H groups in total. The van der Waals surface area contributed by atoms with Gasteiger partial charge in [0.15, 0.2) is 0 Å². The minimum absolute atomic E-state index is 0.0258. The van der Waals surface area contributed by atoms with E-state index in [4.69, 9.17) is 11.6 Å². The van der Waals surface area contributed by atoms with Crippen LogP contribution in [0.3, 0.4) is 0 Å². The van der Waals surface area contributed by atoms with Gasteiger partial charge in [-0.05, 0) is 42.7 Å². The summed E-state index contributed by atoms with van der Waals surface area (Å²) in [7, 11) is 0. The van der Waals surface area contributed by atoms with Crippen molar-refractivity contribution in [2.24, 2.45) is 0 Å². The predicted molar refractivity (Wildman–Crippen MR) is 152 cm³/mol. The first-order valence-corrected chi connectivity index (χ1v) is 13.6. The summed E-state index contributed by atoms with van der Waals surface area (Å²) < 4.78 is 15.8. The highest BCUT2D eigenvalue weighted by Crippen LogP contribution is 2.28. The molecule has 41 heavy (non-hydrogen) atoms. The molecule has 1 aliphatic rings. The molecule has 5 rings (SSSR count). The number of rotatable bonds is 10. The van der Waals surface area contributed by atoms with Crippen LogP contribution in [0.1, 0.15) is 39.9 Å². The molecule has 10 heteroatoms. The Morgan fingerprint density at radius 3 is 2.54 bits per heavy atom. The van der Waals surface area contributed by atoms with Crippen molar-refractivity contribution in [3.8, 4) is 6.07 Å². The standard InChI is InChI=1S/C31H27ClFN5O3/c32-26-8-4-7-22(30(26)33)16-35-28(39)18-38(24-10-11-24)29(40)19-37-17-23(14-34)25-13-21(9-12-27(25)37)31(41)36-15-20-5-2-1-3-6-20/h1-9,12-13,17,24H,10-11,15-16,18-19H2,(H,35,39)(H,36,41). The molecule has 3 amide bonds. The Hall–Kier alpha value is -4.68. The van der Waals surface area contributed by atoms with Crippen LogP contribution >= 0.6 is 11.6 Å². The molecule has 0 atom stereocenters. The molecule has 0 bridgehead atoms. The highest BCUT2D eigenvalue weighted by molar-refractivity contribution is 6.30. The predicted octanol–water partition coefficient (Wildman–Crippen LogP) is 4.54. The number of halogens is 2. The van der Waals surface area contributed by atoms with Crippen LogP contribution in [0.2, 0.25) is 5.02 Å². The fourth-order valence-corrected chi connectivity index (χ4v) is 4.87. The van der Waals surface area contributed by atoms with Crippen molar-refractivity contribution in [1.29, 1.82) is 5.26 Å². The number of amides is 3. The minimum atomic E-state index is -0.589. The van der Waals surface area contributed by atoms with Crippen LogP contribution in [-0.4, -0.2) is 39.8 Å². The average molecular weight is 572 g/mol. The lowest BCUT2D eigenvalue weighted by atomic mass is 10.1. The Labute approximate surface area is 241 Å². The summed E-state index contributed by atoms with van der Waals surface area (Å²) in [5.41, 5.74) is 2.60. The van der Waals surface area contributed by atoms with Crippen molar-refractivity contribution in [3.63, 3.8) is 0 Å². The van der Waals surface area contributed by atoms with Crippen LogP contribution < -0.4 is 10.6 Å². The third kappa shape index (κ3) is 6.56.